The number of anilines is 1. The summed E-state index contributed by atoms with van der Waals surface area (Å²) in [5, 5.41) is 0.205. The minimum absolute atomic E-state index is 0.0940. The number of halogens is 4. The molecule has 1 fully saturated rings. The van der Waals surface area contributed by atoms with Gasteiger partial charge < -0.3 is 9.64 Å². The quantitative estimate of drug-likeness (QED) is 0.804. The molecule has 1 unspecified atom stereocenters. The van der Waals surface area contributed by atoms with Gasteiger partial charge in [0.25, 0.3) is 0 Å². The fourth-order valence-corrected chi connectivity index (χ4v) is 2.45. The fraction of sp³-hybridized carbons (Fsp3) is 0.667. The number of hydrogen-bond acceptors (Lipinski definition) is 4. The second kappa shape index (κ2) is 6.13. The molecule has 1 atom stereocenters. The number of rotatable bonds is 3. The lowest BCUT2D eigenvalue weighted by molar-refractivity contribution is -0.176. The van der Waals surface area contributed by atoms with Crippen LogP contribution >= 0.6 is 11.6 Å². The Morgan fingerprint density at radius 2 is 2.20 bits per heavy atom. The van der Waals surface area contributed by atoms with Gasteiger partial charge in [-0.05, 0) is 12.8 Å². The number of ether oxygens (including phenoxy) is 1. The van der Waals surface area contributed by atoms with Gasteiger partial charge in [-0.25, -0.2) is 9.97 Å². The van der Waals surface area contributed by atoms with Crippen molar-refractivity contribution in [2.45, 2.75) is 25.6 Å². The molecule has 0 aliphatic carbocycles. The summed E-state index contributed by atoms with van der Waals surface area (Å²) in [6, 6.07) is 1.49. The molecule has 0 bridgehead atoms. The Morgan fingerprint density at radius 1 is 1.45 bits per heavy atom. The third-order valence-corrected chi connectivity index (χ3v) is 3.40. The van der Waals surface area contributed by atoms with Gasteiger partial charge in [-0.1, -0.05) is 11.6 Å². The standard InChI is InChI=1S/C12H15ClF3N3O/c1-20-7-10-17-9(13)5-11(18-10)19-4-2-3-8(6-19)12(14,15)16/h5,8H,2-4,6-7H2,1H3. The van der Waals surface area contributed by atoms with Crippen LogP contribution in [0.15, 0.2) is 6.07 Å². The molecule has 0 radical (unpaired) electrons. The summed E-state index contributed by atoms with van der Waals surface area (Å²) in [6.45, 7) is 0.611. The van der Waals surface area contributed by atoms with Crippen molar-refractivity contribution in [3.8, 4) is 0 Å². The van der Waals surface area contributed by atoms with E-state index in [2.05, 4.69) is 9.97 Å². The zero-order chi connectivity index (χ0) is 14.8. The van der Waals surface area contributed by atoms with Gasteiger partial charge in [0.2, 0.25) is 0 Å². The third-order valence-electron chi connectivity index (χ3n) is 3.21. The van der Waals surface area contributed by atoms with Crippen LogP contribution in [0, 0.1) is 5.92 Å². The van der Waals surface area contributed by atoms with Gasteiger partial charge in [-0.2, -0.15) is 13.2 Å². The Kier molecular flexibility index (Phi) is 4.70. The molecule has 1 saturated heterocycles. The van der Waals surface area contributed by atoms with Crippen LogP contribution in [0.5, 0.6) is 0 Å². The first-order chi connectivity index (χ1) is 9.40. The smallest absolute Gasteiger partial charge is 0.377 e. The summed E-state index contributed by atoms with van der Waals surface area (Å²) in [5.41, 5.74) is 0. The number of piperidine rings is 1. The number of aromatic nitrogens is 2. The molecule has 2 heterocycles. The summed E-state index contributed by atoms with van der Waals surface area (Å²) in [5.74, 6) is -0.536. The largest absolute Gasteiger partial charge is 0.393 e. The normalized spacial score (nSPS) is 20.2. The summed E-state index contributed by atoms with van der Waals surface area (Å²) in [7, 11) is 1.49. The van der Waals surface area contributed by atoms with Gasteiger partial charge in [0.05, 0.1) is 5.92 Å². The molecule has 1 aromatic rings. The summed E-state index contributed by atoms with van der Waals surface area (Å²) < 4.78 is 43.3. The van der Waals surface area contributed by atoms with Gasteiger partial charge in [0.1, 0.15) is 17.6 Å². The van der Waals surface area contributed by atoms with Crippen LogP contribution in [-0.4, -0.2) is 36.3 Å². The second-order valence-electron chi connectivity index (χ2n) is 4.72. The van der Waals surface area contributed by atoms with Gasteiger partial charge in [-0.3, -0.25) is 0 Å². The van der Waals surface area contributed by atoms with Crippen molar-refractivity contribution < 1.29 is 17.9 Å². The topological polar surface area (TPSA) is 38.2 Å². The molecule has 0 spiro atoms. The Hall–Kier alpha value is -1.08. The average Bonchev–Trinajstić information content (AvgIpc) is 2.37. The SMILES string of the molecule is COCc1nc(Cl)cc(N2CCCC(C(F)(F)F)C2)n1. The van der Waals surface area contributed by atoms with Gasteiger partial charge >= 0.3 is 6.18 Å². The Balaban J connectivity index is 2.18. The zero-order valence-corrected chi connectivity index (χ0v) is 11.7. The van der Waals surface area contributed by atoms with E-state index in [1.807, 2.05) is 0 Å². The molecular weight excluding hydrogens is 295 g/mol. The van der Waals surface area contributed by atoms with Crippen molar-refractivity contribution in [2.75, 3.05) is 25.1 Å². The zero-order valence-electron chi connectivity index (χ0n) is 11.0. The van der Waals surface area contributed by atoms with Crippen molar-refractivity contribution in [1.29, 1.82) is 0 Å². The van der Waals surface area contributed by atoms with Crippen molar-refractivity contribution in [3.63, 3.8) is 0 Å². The molecule has 0 saturated carbocycles. The van der Waals surface area contributed by atoms with Crippen LogP contribution in [0.1, 0.15) is 18.7 Å². The minimum atomic E-state index is -4.18. The van der Waals surface area contributed by atoms with Gasteiger partial charge in [-0.15, -0.1) is 0 Å². The van der Waals surface area contributed by atoms with E-state index in [1.165, 1.54) is 13.2 Å². The monoisotopic (exact) mass is 309 g/mol. The first-order valence-electron chi connectivity index (χ1n) is 6.24. The highest BCUT2D eigenvalue weighted by Gasteiger charge is 2.42. The lowest BCUT2D eigenvalue weighted by Crippen LogP contribution is -2.42. The number of methoxy groups -OCH3 is 1. The van der Waals surface area contributed by atoms with Crippen molar-refractivity contribution in [2.24, 2.45) is 5.92 Å². The van der Waals surface area contributed by atoms with Crippen molar-refractivity contribution in [3.05, 3.63) is 17.0 Å². The first kappa shape index (κ1) is 15.3. The van der Waals surface area contributed by atoms with Gasteiger partial charge in [0.15, 0.2) is 5.82 Å². The molecule has 2 rings (SSSR count). The van der Waals surface area contributed by atoms with E-state index in [0.717, 1.165) is 0 Å². The third kappa shape index (κ3) is 3.73. The van der Waals surface area contributed by atoms with E-state index >= 15 is 0 Å². The van der Waals surface area contributed by atoms with Crippen LogP contribution in [0.4, 0.5) is 19.0 Å². The van der Waals surface area contributed by atoms with Gasteiger partial charge in [0, 0.05) is 26.3 Å². The maximum atomic E-state index is 12.8. The molecule has 8 heteroatoms. The summed E-state index contributed by atoms with van der Waals surface area (Å²) in [6.07, 6.45) is -3.54. The number of nitrogens with zero attached hydrogens (tertiary/aromatic N) is 3. The van der Waals surface area contributed by atoms with E-state index in [4.69, 9.17) is 16.3 Å². The van der Waals surface area contributed by atoms with E-state index in [0.29, 0.717) is 24.6 Å². The Bertz CT molecular complexity index is 470. The molecule has 1 aliphatic rings. The van der Waals surface area contributed by atoms with Crippen LogP contribution < -0.4 is 4.90 Å². The number of hydrogen-bond donors (Lipinski definition) is 0. The molecule has 20 heavy (non-hydrogen) atoms. The first-order valence-corrected chi connectivity index (χ1v) is 6.62. The predicted octanol–water partition coefficient (Wildman–Crippen LogP) is 3.06. The van der Waals surface area contributed by atoms with Crippen molar-refractivity contribution in [1.82, 2.24) is 9.97 Å². The summed E-state index contributed by atoms with van der Waals surface area (Å²) in [4.78, 5) is 9.77. The molecular formula is C12H15ClF3N3O. The van der Waals surface area contributed by atoms with Crippen molar-refractivity contribution >= 4 is 17.4 Å². The van der Waals surface area contributed by atoms with Crippen LogP contribution in [0.25, 0.3) is 0 Å². The van der Waals surface area contributed by atoms with E-state index in [-0.39, 0.29) is 24.7 Å². The lowest BCUT2D eigenvalue weighted by Gasteiger charge is -2.34. The Morgan fingerprint density at radius 3 is 2.85 bits per heavy atom. The Labute approximate surface area is 119 Å². The lowest BCUT2D eigenvalue weighted by atomic mass is 9.97. The second-order valence-corrected chi connectivity index (χ2v) is 5.11. The molecule has 112 valence electrons. The molecule has 0 amide bonds. The maximum absolute atomic E-state index is 12.8. The van der Waals surface area contributed by atoms with Crippen LogP contribution in [0.2, 0.25) is 5.15 Å². The molecule has 1 aromatic heterocycles. The highest BCUT2D eigenvalue weighted by molar-refractivity contribution is 6.29. The number of alkyl halides is 3. The van der Waals surface area contributed by atoms with E-state index in [9.17, 15) is 13.2 Å². The highest BCUT2D eigenvalue weighted by atomic mass is 35.5. The molecule has 0 N–H and O–H groups in total. The summed E-state index contributed by atoms with van der Waals surface area (Å²) >= 11 is 5.88. The average molecular weight is 310 g/mol. The molecule has 0 aromatic carbocycles. The van der Waals surface area contributed by atoms with Crippen LogP contribution in [0.3, 0.4) is 0 Å². The van der Waals surface area contributed by atoms with Crippen LogP contribution in [-0.2, 0) is 11.3 Å². The fourth-order valence-electron chi connectivity index (χ4n) is 2.26. The maximum Gasteiger partial charge on any atom is 0.393 e. The van der Waals surface area contributed by atoms with E-state index < -0.39 is 12.1 Å². The minimum Gasteiger partial charge on any atom is -0.377 e. The molecule has 4 nitrogen and oxygen atoms in total. The van der Waals surface area contributed by atoms with E-state index in [1.54, 1.807) is 4.90 Å². The predicted molar refractivity (Wildman–Crippen MR) is 68.7 cm³/mol. The highest BCUT2D eigenvalue weighted by Crippen LogP contribution is 2.34. The molecule has 1 aliphatic heterocycles.